The topological polar surface area (TPSA) is 44.4 Å². The maximum Gasteiger partial charge on any atom is 0.319 e. The van der Waals surface area contributed by atoms with Gasteiger partial charge in [0.25, 0.3) is 0 Å². The SMILES string of the molecule is CCN(CC)CCCCCNC(=O)Nc1cccc(Cl)c1. The molecular formula is C16H26ClN3O. The molecule has 5 heteroatoms. The average Bonchev–Trinajstić information content (AvgIpc) is 2.46. The highest BCUT2D eigenvalue weighted by Gasteiger charge is 2.02. The van der Waals surface area contributed by atoms with Crippen LogP contribution in [-0.4, -0.2) is 37.1 Å². The summed E-state index contributed by atoms with van der Waals surface area (Å²) in [6.45, 7) is 8.43. The Morgan fingerprint density at radius 2 is 1.95 bits per heavy atom. The molecular weight excluding hydrogens is 286 g/mol. The Balaban J connectivity index is 2.08. The van der Waals surface area contributed by atoms with E-state index in [-0.39, 0.29) is 6.03 Å². The quantitative estimate of drug-likeness (QED) is 0.678. The Morgan fingerprint density at radius 3 is 2.62 bits per heavy atom. The lowest BCUT2D eigenvalue weighted by molar-refractivity contribution is 0.251. The number of nitrogens with one attached hydrogen (secondary N) is 2. The molecule has 0 radical (unpaired) electrons. The van der Waals surface area contributed by atoms with Gasteiger partial charge in [0.2, 0.25) is 0 Å². The molecule has 0 aliphatic heterocycles. The number of benzene rings is 1. The lowest BCUT2D eigenvalue weighted by Crippen LogP contribution is -2.29. The number of anilines is 1. The van der Waals surface area contributed by atoms with Crippen molar-refractivity contribution in [2.75, 3.05) is 31.5 Å². The van der Waals surface area contributed by atoms with Crippen LogP contribution in [0.1, 0.15) is 33.1 Å². The smallest absolute Gasteiger partial charge is 0.319 e. The van der Waals surface area contributed by atoms with Gasteiger partial charge in [-0.15, -0.1) is 0 Å². The van der Waals surface area contributed by atoms with E-state index in [0.717, 1.165) is 32.5 Å². The summed E-state index contributed by atoms with van der Waals surface area (Å²) < 4.78 is 0. The maximum atomic E-state index is 11.7. The molecule has 0 aliphatic rings. The van der Waals surface area contributed by atoms with Crippen molar-refractivity contribution in [3.63, 3.8) is 0 Å². The fourth-order valence-corrected chi connectivity index (χ4v) is 2.31. The van der Waals surface area contributed by atoms with Gasteiger partial charge in [-0.05, 0) is 50.7 Å². The lowest BCUT2D eigenvalue weighted by atomic mass is 10.2. The number of unbranched alkanes of at least 4 members (excludes halogenated alkanes) is 2. The van der Waals surface area contributed by atoms with Gasteiger partial charge in [0.05, 0.1) is 0 Å². The number of halogens is 1. The van der Waals surface area contributed by atoms with Crippen molar-refractivity contribution < 1.29 is 4.79 Å². The van der Waals surface area contributed by atoms with Gasteiger partial charge < -0.3 is 15.5 Å². The molecule has 118 valence electrons. The third-order valence-electron chi connectivity index (χ3n) is 3.41. The van der Waals surface area contributed by atoms with E-state index in [9.17, 15) is 4.79 Å². The minimum absolute atomic E-state index is 0.180. The van der Waals surface area contributed by atoms with Gasteiger partial charge in [-0.1, -0.05) is 37.9 Å². The van der Waals surface area contributed by atoms with E-state index in [4.69, 9.17) is 11.6 Å². The van der Waals surface area contributed by atoms with Gasteiger partial charge in [0, 0.05) is 17.3 Å². The van der Waals surface area contributed by atoms with Crippen LogP contribution in [0.3, 0.4) is 0 Å². The largest absolute Gasteiger partial charge is 0.338 e. The first-order valence-electron chi connectivity index (χ1n) is 7.68. The summed E-state index contributed by atoms with van der Waals surface area (Å²) >= 11 is 5.86. The van der Waals surface area contributed by atoms with Crippen LogP contribution < -0.4 is 10.6 Å². The number of hydrogen-bond acceptors (Lipinski definition) is 2. The van der Waals surface area contributed by atoms with Gasteiger partial charge in [-0.2, -0.15) is 0 Å². The molecule has 0 aromatic heterocycles. The van der Waals surface area contributed by atoms with Crippen molar-refractivity contribution in [3.05, 3.63) is 29.3 Å². The first-order valence-corrected chi connectivity index (χ1v) is 8.06. The van der Waals surface area contributed by atoms with E-state index < -0.39 is 0 Å². The summed E-state index contributed by atoms with van der Waals surface area (Å²) in [4.78, 5) is 14.1. The van der Waals surface area contributed by atoms with Crippen molar-refractivity contribution in [2.24, 2.45) is 0 Å². The van der Waals surface area contributed by atoms with Gasteiger partial charge in [-0.25, -0.2) is 4.79 Å². The van der Waals surface area contributed by atoms with Crippen molar-refractivity contribution >= 4 is 23.3 Å². The molecule has 0 heterocycles. The summed E-state index contributed by atoms with van der Waals surface area (Å²) in [5.74, 6) is 0. The highest BCUT2D eigenvalue weighted by atomic mass is 35.5. The molecule has 0 aliphatic carbocycles. The minimum atomic E-state index is -0.180. The predicted octanol–water partition coefficient (Wildman–Crippen LogP) is 3.97. The highest BCUT2D eigenvalue weighted by Crippen LogP contribution is 2.14. The molecule has 0 spiro atoms. The third-order valence-corrected chi connectivity index (χ3v) is 3.65. The zero-order valence-electron chi connectivity index (χ0n) is 13.0. The fourth-order valence-electron chi connectivity index (χ4n) is 2.12. The Morgan fingerprint density at radius 1 is 1.19 bits per heavy atom. The molecule has 0 fully saturated rings. The van der Waals surface area contributed by atoms with Crippen molar-refractivity contribution in [1.29, 1.82) is 0 Å². The Hall–Kier alpha value is -1.26. The highest BCUT2D eigenvalue weighted by molar-refractivity contribution is 6.30. The van der Waals surface area contributed by atoms with E-state index in [2.05, 4.69) is 29.4 Å². The molecule has 2 amide bonds. The number of hydrogen-bond donors (Lipinski definition) is 2. The number of amides is 2. The zero-order valence-corrected chi connectivity index (χ0v) is 13.7. The average molecular weight is 312 g/mol. The Labute approximate surface area is 132 Å². The summed E-state index contributed by atoms with van der Waals surface area (Å²) in [6, 6.07) is 6.95. The number of urea groups is 1. The van der Waals surface area contributed by atoms with Crippen LogP contribution in [-0.2, 0) is 0 Å². The Kier molecular flexibility index (Phi) is 8.87. The molecule has 21 heavy (non-hydrogen) atoms. The van der Waals surface area contributed by atoms with E-state index >= 15 is 0 Å². The van der Waals surface area contributed by atoms with Gasteiger partial charge in [0.1, 0.15) is 0 Å². The summed E-state index contributed by atoms with van der Waals surface area (Å²) in [7, 11) is 0. The summed E-state index contributed by atoms with van der Waals surface area (Å²) in [6.07, 6.45) is 3.32. The molecule has 0 unspecified atom stereocenters. The molecule has 0 atom stereocenters. The van der Waals surface area contributed by atoms with E-state index in [1.165, 1.54) is 6.42 Å². The third kappa shape index (κ3) is 7.93. The van der Waals surface area contributed by atoms with E-state index in [1.807, 2.05) is 12.1 Å². The Bertz CT molecular complexity index is 422. The fraction of sp³-hybridized carbons (Fsp3) is 0.562. The second-order valence-corrected chi connectivity index (χ2v) is 5.42. The van der Waals surface area contributed by atoms with Crippen LogP contribution in [0.5, 0.6) is 0 Å². The molecule has 1 aromatic rings. The van der Waals surface area contributed by atoms with Crippen LogP contribution in [0.15, 0.2) is 24.3 Å². The van der Waals surface area contributed by atoms with Gasteiger partial charge in [-0.3, -0.25) is 0 Å². The van der Waals surface area contributed by atoms with Crippen molar-refractivity contribution in [3.8, 4) is 0 Å². The molecule has 1 rings (SSSR count). The van der Waals surface area contributed by atoms with Crippen molar-refractivity contribution in [1.82, 2.24) is 10.2 Å². The molecule has 2 N–H and O–H groups in total. The van der Waals surface area contributed by atoms with E-state index in [1.54, 1.807) is 12.1 Å². The number of nitrogens with zero attached hydrogens (tertiary/aromatic N) is 1. The monoisotopic (exact) mass is 311 g/mol. The van der Waals surface area contributed by atoms with Gasteiger partial charge in [0.15, 0.2) is 0 Å². The molecule has 0 bridgehead atoms. The molecule has 1 aromatic carbocycles. The van der Waals surface area contributed by atoms with Crippen LogP contribution in [0, 0.1) is 0 Å². The predicted molar refractivity (Wildman–Crippen MR) is 90.1 cm³/mol. The number of carbonyl (C=O) groups excluding carboxylic acids is 1. The molecule has 0 saturated carbocycles. The van der Waals surface area contributed by atoms with E-state index in [0.29, 0.717) is 17.3 Å². The molecule has 0 saturated heterocycles. The second-order valence-electron chi connectivity index (χ2n) is 4.98. The minimum Gasteiger partial charge on any atom is -0.338 e. The summed E-state index contributed by atoms with van der Waals surface area (Å²) in [5, 5.41) is 6.24. The van der Waals surface area contributed by atoms with Crippen LogP contribution in [0.25, 0.3) is 0 Å². The maximum absolute atomic E-state index is 11.7. The van der Waals surface area contributed by atoms with Crippen LogP contribution in [0.4, 0.5) is 10.5 Å². The van der Waals surface area contributed by atoms with Gasteiger partial charge >= 0.3 is 6.03 Å². The lowest BCUT2D eigenvalue weighted by Gasteiger charge is -2.17. The standard InChI is InChI=1S/C16H26ClN3O/c1-3-20(4-2)12-7-5-6-11-18-16(21)19-15-10-8-9-14(17)13-15/h8-10,13H,3-7,11-12H2,1-2H3,(H2,18,19,21). The zero-order chi connectivity index (χ0) is 15.5. The number of rotatable bonds is 9. The number of carbonyl (C=O) groups is 1. The van der Waals surface area contributed by atoms with Crippen LogP contribution >= 0.6 is 11.6 Å². The second kappa shape index (κ2) is 10.5. The normalized spacial score (nSPS) is 10.7. The first kappa shape index (κ1) is 17.8. The molecule has 4 nitrogen and oxygen atoms in total. The first-order chi connectivity index (χ1) is 10.2. The van der Waals surface area contributed by atoms with Crippen molar-refractivity contribution in [2.45, 2.75) is 33.1 Å². The van der Waals surface area contributed by atoms with Crippen LogP contribution in [0.2, 0.25) is 5.02 Å². The summed E-state index contributed by atoms with van der Waals surface area (Å²) in [5.41, 5.74) is 0.710.